The first-order valence-corrected chi connectivity index (χ1v) is 7.72. The lowest BCUT2D eigenvalue weighted by Gasteiger charge is -2.06. The molecular formula is C14H18N4OS. The van der Waals surface area contributed by atoms with Gasteiger partial charge in [0.25, 0.3) is 0 Å². The van der Waals surface area contributed by atoms with Crippen LogP contribution in [0.3, 0.4) is 0 Å². The van der Waals surface area contributed by atoms with Gasteiger partial charge in [-0.1, -0.05) is 12.1 Å². The molecule has 1 aromatic heterocycles. The predicted molar refractivity (Wildman–Crippen MR) is 79.3 cm³/mol. The maximum absolute atomic E-state index is 11.7. The van der Waals surface area contributed by atoms with Crippen molar-refractivity contribution in [3.05, 3.63) is 42.5 Å². The van der Waals surface area contributed by atoms with Crippen molar-refractivity contribution in [2.45, 2.75) is 30.8 Å². The van der Waals surface area contributed by atoms with Gasteiger partial charge in [0.1, 0.15) is 12.7 Å². The van der Waals surface area contributed by atoms with E-state index in [1.165, 1.54) is 11.2 Å². The Morgan fingerprint density at radius 3 is 2.80 bits per heavy atom. The summed E-state index contributed by atoms with van der Waals surface area (Å²) in [6, 6.07) is 8.22. The van der Waals surface area contributed by atoms with Crippen molar-refractivity contribution >= 4 is 17.7 Å². The lowest BCUT2D eigenvalue weighted by molar-refractivity contribution is -0.121. The maximum Gasteiger partial charge on any atom is 0.220 e. The van der Waals surface area contributed by atoms with E-state index in [1.807, 2.05) is 18.4 Å². The number of amides is 1. The first-order valence-electron chi connectivity index (χ1n) is 6.50. The molecule has 5 nitrogen and oxygen atoms in total. The lowest BCUT2D eigenvalue weighted by Crippen LogP contribution is -2.22. The number of rotatable bonds is 7. The summed E-state index contributed by atoms with van der Waals surface area (Å²) in [6.45, 7) is 1.30. The third-order valence-corrected chi connectivity index (χ3v) is 3.65. The molecule has 0 radical (unpaired) electrons. The van der Waals surface area contributed by atoms with Gasteiger partial charge >= 0.3 is 0 Å². The van der Waals surface area contributed by atoms with Gasteiger partial charge in [0.2, 0.25) is 5.91 Å². The van der Waals surface area contributed by atoms with Gasteiger partial charge in [0.15, 0.2) is 0 Å². The summed E-state index contributed by atoms with van der Waals surface area (Å²) < 4.78 is 1.73. The fourth-order valence-electron chi connectivity index (χ4n) is 1.78. The number of aromatic nitrogens is 3. The van der Waals surface area contributed by atoms with Crippen LogP contribution < -0.4 is 5.32 Å². The molecule has 0 bridgehead atoms. The minimum absolute atomic E-state index is 0.0686. The molecule has 1 heterocycles. The average Bonchev–Trinajstić information content (AvgIpc) is 2.99. The molecule has 0 saturated carbocycles. The van der Waals surface area contributed by atoms with Crippen molar-refractivity contribution in [2.75, 3.05) is 6.26 Å². The first kappa shape index (κ1) is 14.6. The van der Waals surface area contributed by atoms with E-state index in [-0.39, 0.29) is 5.91 Å². The number of thioether (sulfide) groups is 1. The number of carbonyl (C=O) groups excluding carboxylic acids is 1. The number of aryl methyl sites for hydroxylation is 1. The minimum atomic E-state index is 0.0686. The summed E-state index contributed by atoms with van der Waals surface area (Å²) in [4.78, 5) is 16.8. The quantitative estimate of drug-likeness (QED) is 0.793. The van der Waals surface area contributed by atoms with E-state index in [1.54, 1.807) is 22.8 Å². The highest BCUT2D eigenvalue weighted by Gasteiger charge is 2.02. The predicted octanol–water partition coefficient (Wildman–Crippen LogP) is 2.10. The van der Waals surface area contributed by atoms with Crippen LogP contribution in [0, 0.1) is 0 Å². The van der Waals surface area contributed by atoms with E-state index >= 15 is 0 Å². The Morgan fingerprint density at radius 2 is 2.15 bits per heavy atom. The smallest absolute Gasteiger partial charge is 0.220 e. The summed E-state index contributed by atoms with van der Waals surface area (Å²) in [7, 11) is 0. The van der Waals surface area contributed by atoms with Crippen LogP contribution >= 0.6 is 11.8 Å². The molecule has 0 aliphatic rings. The van der Waals surface area contributed by atoms with E-state index < -0.39 is 0 Å². The Bertz CT molecular complexity index is 525. The Hall–Kier alpha value is -1.82. The van der Waals surface area contributed by atoms with Crippen molar-refractivity contribution in [3.8, 4) is 0 Å². The second-order valence-corrected chi connectivity index (χ2v) is 5.27. The van der Waals surface area contributed by atoms with Gasteiger partial charge in [-0.15, -0.1) is 11.8 Å². The van der Waals surface area contributed by atoms with Crippen molar-refractivity contribution in [1.82, 2.24) is 20.1 Å². The maximum atomic E-state index is 11.7. The molecule has 0 fully saturated rings. The molecule has 0 unspecified atom stereocenters. The highest BCUT2D eigenvalue weighted by atomic mass is 32.2. The van der Waals surface area contributed by atoms with Crippen LogP contribution in [0.1, 0.15) is 18.4 Å². The van der Waals surface area contributed by atoms with E-state index in [0.29, 0.717) is 13.0 Å². The van der Waals surface area contributed by atoms with Gasteiger partial charge in [0, 0.05) is 24.4 Å². The van der Waals surface area contributed by atoms with Crippen molar-refractivity contribution in [3.63, 3.8) is 0 Å². The minimum Gasteiger partial charge on any atom is -0.352 e. The standard InChI is InChI=1S/C14H18N4OS/c1-20-13-6-4-12(5-7-13)9-16-14(19)3-2-8-18-11-15-10-17-18/h4-7,10-11H,2-3,8-9H2,1H3,(H,16,19). The molecule has 20 heavy (non-hydrogen) atoms. The highest BCUT2D eigenvalue weighted by Crippen LogP contribution is 2.14. The number of hydrogen-bond acceptors (Lipinski definition) is 4. The van der Waals surface area contributed by atoms with Gasteiger partial charge in [-0.3, -0.25) is 9.48 Å². The van der Waals surface area contributed by atoms with Crippen LogP contribution in [0.5, 0.6) is 0 Å². The van der Waals surface area contributed by atoms with Crippen molar-refractivity contribution < 1.29 is 4.79 Å². The third-order valence-electron chi connectivity index (χ3n) is 2.91. The fourth-order valence-corrected chi connectivity index (χ4v) is 2.19. The van der Waals surface area contributed by atoms with E-state index in [2.05, 4.69) is 27.5 Å². The largest absolute Gasteiger partial charge is 0.352 e. The normalized spacial score (nSPS) is 10.4. The van der Waals surface area contributed by atoms with Gasteiger partial charge in [0.05, 0.1) is 0 Å². The van der Waals surface area contributed by atoms with Gasteiger partial charge < -0.3 is 5.32 Å². The molecule has 2 aromatic rings. The SMILES string of the molecule is CSc1ccc(CNC(=O)CCCn2cncn2)cc1. The molecule has 1 aromatic carbocycles. The molecule has 1 amide bonds. The van der Waals surface area contributed by atoms with Crippen molar-refractivity contribution in [1.29, 1.82) is 0 Å². The molecular weight excluding hydrogens is 272 g/mol. The molecule has 0 aliphatic carbocycles. The van der Waals surface area contributed by atoms with Crippen LogP contribution in [0.2, 0.25) is 0 Å². The zero-order valence-electron chi connectivity index (χ0n) is 11.5. The molecule has 6 heteroatoms. The van der Waals surface area contributed by atoms with E-state index in [4.69, 9.17) is 0 Å². The average molecular weight is 290 g/mol. The second kappa shape index (κ2) is 7.69. The molecule has 1 N–H and O–H groups in total. The summed E-state index contributed by atoms with van der Waals surface area (Å²) in [5, 5.41) is 6.92. The van der Waals surface area contributed by atoms with Crippen LogP contribution in [-0.4, -0.2) is 26.9 Å². The fraction of sp³-hybridized carbons (Fsp3) is 0.357. The lowest BCUT2D eigenvalue weighted by atomic mass is 10.2. The zero-order valence-corrected chi connectivity index (χ0v) is 12.3. The molecule has 0 spiro atoms. The molecule has 2 rings (SSSR count). The van der Waals surface area contributed by atoms with Crippen LogP contribution in [0.4, 0.5) is 0 Å². The van der Waals surface area contributed by atoms with Gasteiger partial charge in [-0.25, -0.2) is 4.98 Å². The van der Waals surface area contributed by atoms with Crippen LogP contribution in [0.15, 0.2) is 41.8 Å². The summed E-state index contributed by atoms with van der Waals surface area (Å²) in [6.07, 6.45) is 6.47. The topological polar surface area (TPSA) is 59.8 Å². The van der Waals surface area contributed by atoms with Crippen LogP contribution in [-0.2, 0) is 17.9 Å². The zero-order chi connectivity index (χ0) is 14.2. The van der Waals surface area contributed by atoms with Crippen molar-refractivity contribution in [2.24, 2.45) is 0 Å². The number of carbonyl (C=O) groups is 1. The Balaban J connectivity index is 1.66. The van der Waals surface area contributed by atoms with Gasteiger partial charge in [-0.05, 0) is 30.4 Å². The molecule has 0 atom stereocenters. The summed E-state index contributed by atoms with van der Waals surface area (Å²) >= 11 is 1.71. The molecule has 0 aliphatic heterocycles. The second-order valence-electron chi connectivity index (χ2n) is 4.39. The number of benzene rings is 1. The first-order chi connectivity index (χ1) is 9.78. The Labute approximate surface area is 122 Å². The number of nitrogens with one attached hydrogen (secondary N) is 1. The van der Waals surface area contributed by atoms with Crippen LogP contribution in [0.25, 0.3) is 0 Å². The number of nitrogens with zero attached hydrogens (tertiary/aromatic N) is 3. The Morgan fingerprint density at radius 1 is 1.35 bits per heavy atom. The number of hydrogen-bond donors (Lipinski definition) is 1. The third kappa shape index (κ3) is 4.70. The summed E-state index contributed by atoms with van der Waals surface area (Å²) in [5.74, 6) is 0.0686. The highest BCUT2D eigenvalue weighted by molar-refractivity contribution is 7.98. The van der Waals surface area contributed by atoms with E-state index in [0.717, 1.165) is 18.5 Å². The molecule has 106 valence electrons. The summed E-state index contributed by atoms with van der Waals surface area (Å²) in [5.41, 5.74) is 1.12. The van der Waals surface area contributed by atoms with Gasteiger partial charge in [-0.2, -0.15) is 5.10 Å². The molecule has 0 saturated heterocycles. The Kier molecular flexibility index (Phi) is 5.61. The monoisotopic (exact) mass is 290 g/mol. The van der Waals surface area contributed by atoms with E-state index in [9.17, 15) is 4.79 Å².